The summed E-state index contributed by atoms with van der Waals surface area (Å²) in [6, 6.07) is 0. The first-order valence-corrected chi connectivity index (χ1v) is 7.52. The molecule has 0 aromatic heterocycles. The number of methoxy groups -OCH3 is 1. The van der Waals surface area contributed by atoms with Crippen molar-refractivity contribution in [3.05, 3.63) is 0 Å². The van der Waals surface area contributed by atoms with E-state index in [9.17, 15) is 9.90 Å². The van der Waals surface area contributed by atoms with E-state index in [2.05, 4.69) is 4.74 Å². The molecule has 0 saturated carbocycles. The van der Waals surface area contributed by atoms with Gasteiger partial charge in [0.15, 0.2) is 5.79 Å². The van der Waals surface area contributed by atoms with Crippen molar-refractivity contribution in [3.8, 4) is 0 Å². The Kier molecular flexibility index (Phi) is 7.48. The van der Waals surface area contributed by atoms with Crippen molar-refractivity contribution in [1.29, 1.82) is 0 Å². The van der Waals surface area contributed by atoms with E-state index < -0.39 is 5.79 Å². The maximum absolute atomic E-state index is 10.9. The van der Waals surface area contributed by atoms with Gasteiger partial charge in [0, 0.05) is 6.42 Å². The zero-order chi connectivity index (χ0) is 15.0. The number of carbonyl (C=O) groups is 1. The van der Waals surface area contributed by atoms with E-state index in [0.717, 1.165) is 38.5 Å². The topological polar surface area (TPSA) is 65.0 Å². The van der Waals surface area contributed by atoms with Gasteiger partial charge in [-0.3, -0.25) is 4.79 Å². The predicted molar refractivity (Wildman–Crippen MR) is 75.2 cm³/mol. The third kappa shape index (κ3) is 6.20. The fraction of sp³-hybridized carbons (Fsp3) is 0.933. The van der Waals surface area contributed by atoms with Crippen molar-refractivity contribution >= 4 is 5.97 Å². The average Bonchev–Trinajstić information content (AvgIpc) is 2.71. The maximum Gasteiger partial charge on any atom is 0.305 e. The largest absolute Gasteiger partial charge is 0.469 e. The van der Waals surface area contributed by atoms with Crippen LogP contribution in [0.5, 0.6) is 0 Å². The third-order valence-corrected chi connectivity index (χ3v) is 3.56. The van der Waals surface area contributed by atoms with Crippen molar-refractivity contribution in [2.45, 2.75) is 76.8 Å². The number of unbranched alkanes of at least 4 members (excludes halogenated alkanes) is 4. The normalized spacial score (nSPS) is 24.8. The fourth-order valence-corrected chi connectivity index (χ4v) is 2.56. The lowest BCUT2D eigenvalue weighted by molar-refractivity contribution is -0.149. The minimum absolute atomic E-state index is 0.00717. The van der Waals surface area contributed by atoms with Crippen molar-refractivity contribution in [2.75, 3.05) is 13.7 Å². The van der Waals surface area contributed by atoms with Crippen LogP contribution >= 0.6 is 0 Å². The Morgan fingerprint density at radius 2 is 1.70 bits per heavy atom. The summed E-state index contributed by atoms with van der Waals surface area (Å²) in [6.07, 6.45) is 6.42. The van der Waals surface area contributed by atoms with Crippen LogP contribution in [0.3, 0.4) is 0 Å². The van der Waals surface area contributed by atoms with Gasteiger partial charge in [0.1, 0.15) is 6.10 Å². The molecule has 0 aromatic carbocycles. The van der Waals surface area contributed by atoms with E-state index in [-0.39, 0.29) is 24.8 Å². The number of aliphatic hydroxyl groups excluding tert-OH is 1. The Bertz CT molecular complexity index is 290. The van der Waals surface area contributed by atoms with Gasteiger partial charge in [-0.2, -0.15) is 0 Å². The third-order valence-electron chi connectivity index (χ3n) is 3.56. The monoisotopic (exact) mass is 288 g/mol. The molecule has 0 aromatic rings. The molecule has 5 heteroatoms. The lowest BCUT2D eigenvalue weighted by atomic mass is 10.0. The van der Waals surface area contributed by atoms with E-state index in [1.807, 2.05) is 13.8 Å². The molecule has 5 nitrogen and oxygen atoms in total. The smallest absolute Gasteiger partial charge is 0.305 e. The molecule has 1 N–H and O–H groups in total. The molecular weight excluding hydrogens is 260 g/mol. The fourth-order valence-electron chi connectivity index (χ4n) is 2.56. The lowest BCUT2D eigenvalue weighted by Gasteiger charge is -2.16. The summed E-state index contributed by atoms with van der Waals surface area (Å²) in [5.41, 5.74) is 0. The highest BCUT2D eigenvalue weighted by Crippen LogP contribution is 2.30. The zero-order valence-electron chi connectivity index (χ0n) is 12.9. The number of hydrogen-bond donors (Lipinski definition) is 1. The van der Waals surface area contributed by atoms with Gasteiger partial charge in [0.25, 0.3) is 0 Å². The van der Waals surface area contributed by atoms with Gasteiger partial charge in [0.05, 0.1) is 19.8 Å². The van der Waals surface area contributed by atoms with Crippen LogP contribution in [0.4, 0.5) is 0 Å². The van der Waals surface area contributed by atoms with Gasteiger partial charge >= 0.3 is 5.97 Å². The van der Waals surface area contributed by atoms with Crippen LogP contribution in [-0.4, -0.2) is 42.8 Å². The Hall–Kier alpha value is -0.650. The number of esters is 1. The zero-order valence-corrected chi connectivity index (χ0v) is 12.9. The van der Waals surface area contributed by atoms with Crippen LogP contribution in [0.25, 0.3) is 0 Å². The highest BCUT2D eigenvalue weighted by molar-refractivity contribution is 5.68. The Labute approximate surface area is 121 Å². The van der Waals surface area contributed by atoms with Crippen LogP contribution in [0.2, 0.25) is 0 Å². The summed E-state index contributed by atoms with van der Waals surface area (Å²) in [4.78, 5) is 10.9. The summed E-state index contributed by atoms with van der Waals surface area (Å²) < 4.78 is 16.0. The molecule has 1 aliphatic rings. The molecule has 2 atom stereocenters. The maximum atomic E-state index is 10.9. The Morgan fingerprint density at radius 1 is 1.10 bits per heavy atom. The molecule has 118 valence electrons. The minimum atomic E-state index is -0.585. The van der Waals surface area contributed by atoms with Gasteiger partial charge in [0.2, 0.25) is 0 Å². The van der Waals surface area contributed by atoms with Crippen molar-refractivity contribution in [1.82, 2.24) is 0 Å². The number of aliphatic hydroxyl groups is 1. The second-order valence-corrected chi connectivity index (χ2v) is 5.78. The second kappa shape index (κ2) is 8.60. The van der Waals surface area contributed by atoms with E-state index in [1.165, 1.54) is 7.11 Å². The first-order valence-electron chi connectivity index (χ1n) is 7.52. The second-order valence-electron chi connectivity index (χ2n) is 5.78. The standard InChI is InChI=1S/C15H28O5/c1-15(2)19-12(13(11-16)20-15)9-7-5-4-6-8-10-14(17)18-3/h12-13,16H,4-11H2,1-3H3/t12-,13-/m1/s1. The summed E-state index contributed by atoms with van der Waals surface area (Å²) in [7, 11) is 1.42. The molecule has 1 saturated heterocycles. The molecule has 1 heterocycles. The number of hydrogen-bond acceptors (Lipinski definition) is 5. The number of carbonyl (C=O) groups excluding carboxylic acids is 1. The molecule has 0 amide bonds. The molecule has 20 heavy (non-hydrogen) atoms. The quantitative estimate of drug-likeness (QED) is 0.521. The summed E-state index contributed by atoms with van der Waals surface area (Å²) >= 11 is 0. The van der Waals surface area contributed by atoms with Crippen LogP contribution in [0.15, 0.2) is 0 Å². The summed E-state index contributed by atoms with van der Waals surface area (Å²) in [5.74, 6) is -0.715. The van der Waals surface area contributed by atoms with Crippen molar-refractivity contribution in [3.63, 3.8) is 0 Å². The molecule has 1 aliphatic heterocycles. The van der Waals surface area contributed by atoms with E-state index in [4.69, 9.17) is 9.47 Å². The molecule has 0 radical (unpaired) electrons. The van der Waals surface area contributed by atoms with E-state index in [0.29, 0.717) is 6.42 Å². The van der Waals surface area contributed by atoms with Gasteiger partial charge in [-0.25, -0.2) is 0 Å². The average molecular weight is 288 g/mol. The minimum Gasteiger partial charge on any atom is -0.469 e. The molecule has 1 fully saturated rings. The molecule has 0 aliphatic carbocycles. The van der Waals surface area contributed by atoms with Crippen LogP contribution in [0, 0.1) is 0 Å². The van der Waals surface area contributed by atoms with Gasteiger partial charge in [-0.1, -0.05) is 25.7 Å². The van der Waals surface area contributed by atoms with Crippen LogP contribution in [0.1, 0.15) is 58.8 Å². The molecule has 0 bridgehead atoms. The number of ether oxygens (including phenoxy) is 3. The first-order chi connectivity index (χ1) is 9.48. The Balaban J connectivity index is 2.05. The predicted octanol–water partition coefficient (Wildman–Crippen LogP) is 2.40. The molecular formula is C15H28O5. The van der Waals surface area contributed by atoms with E-state index in [1.54, 1.807) is 0 Å². The van der Waals surface area contributed by atoms with Crippen molar-refractivity contribution < 1.29 is 24.1 Å². The number of rotatable bonds is 9. The highest BCUT2D eigenvalue weighted by Gasteiger charge is 2.40. The van der Waals surface area contributed by atoms with E-state index >= 15 is 0 Å². The summed E-state index contributed by atoms with van der Waals surface area (Å²) in [5, 5.41) is 9.27. The highest BCUT2D eigenvalue weighted by atomic mass is 16.8. The summed E-state index contributed by atoms with van der Waals surface area (Å²) in [6.45, 7) is 3.76. The van der Waals surface area contributed by atoms with Gasteiger partial charge < -0.3 is 19.3 Å². The van der Waals surface area contributed by atoms with Crippen molar-refractivity contribution in [2.24, 2.45) is 0 Å². The Morgan fingerprint density at radius 3 is 2.35 bits per heavy atom. The first kappa shape index (κ1) is 17.4. The lowest BCUT2D eigenvalue weighted by Crippen LogP contribution is -2.26. The molecule has 1 rings (SSSR count). The molecule has 0 unspecified atom stereocenters. The van der Waals surface area contributed by atoms with Crippen LogP contribution in [-0.2, 0) is 19.0 Å². The molecule has 0 spiro atoms. The van der Waals surface area contributed by atoms with Crippen LogP contribution < -0.4 is 0 Å². The van der Waals surface area contributed by atoms with Gasteiger partial charge in [-0.15, -0.1) is 0 Å². The van der Waals surface area contributed by atoms with Gasteiger partial charge in [-0.05, 0) is 26.7 Å². The SMILES string of the molecule is COC(=O)CCCCCCC[C@H]1OC(C)(C)O[C@@H]1CO.